The zero-order chi connectivity index (χ0) is 12.4. The Hall–Kier alpha value is -1.45. The van der Waals surface area contributed by atoms with Crippen molar-refractivity contribution in [1.82, 2.24) is 0 Å². The first-order chi connectivity index (χ1) is 8.06. The fourth-order valence-electron chi connectivity index (χ4n) is 1.38. The summed E-state index contributed by atoms with van der Waals surface area (Å²) in [5.74, 6) is -0.409. The summed E-state index contributed by atoms with van der Waals surface area (Å²) in [6.45, 7) is 0. The molecule has 0 aromatic heterocycles. The van der Waals surface area contributed by atoms with Gasteiger partial charge >= 0.3 is 0 Å². The second kappa shape index (κ2) is 4.82. The lowest BCUT2D eigenvalue weighted by Crippen LogP contribution is -1.98. The first-order valence-electron chi connectivity index (χ1n) is 4.83. The quantitative estimate of drug-likeness (QED) is 0.791. The number of rotatable bonds is 2. The van der Waals surface area contributed by atoms with Crippen LogP contribution in [0.1, 0.15) is 0 Å². The van der Waals surface area contributed by atoms with Gasteiger partial charge in [0.1, 0.15) is 5.82 Å². The lowest BCUT2D eigenvalue weighted by molar-refractivity contribution is 0.632. The molecule has 0 fully saturated rings. The Morgan fingerprint density at radius 2 is 1.53 bits per heavy atom. The van der Waals surface area contributed by atoms with Gasteiger partial charge in [0.15, 0.2) is 0 Å². The van der Waals surface area contributed by atoms with Gasteiger partial charge in [0.05, 0.1) is 17.1 Å². The molecule has 17 heavy (non-hydrogen) atoms. The molecule has 0 saturated carbocycles. The van der Waals surface area contributed by atoms with E-state index in [0.29, 0.717) is 21.4 Å². The molecule has 0 aliphatic heterocycles. The Kier molecular flexibility index (Phi) is 3.41. The molecule has 0 unspecified atom stereocenters. The molecular weight excluding hydrogens is 262 g/mol. The maximum absolute atomic E-state index is 13.5. The number of halogens is 3. The molecule has 0 bridgehead atoms. The summed E-state index contributed by atoms with van der Waals surface area (Å²) in [6.07, 6.45) is 0. The summed E-state index contributed by atoms with van der Waals surface area (Å²) in [7, 11) is 0. The lowest BCUT2D eigenvalue weighted by Gasteiger charge is -2.10. The van der Waals surface area contributed by atoms with Crippen LogP contribution < -0.4 is 11.1 Å². The van der Waals surface area contributed by atoms with E-state index in [1.165, 1.54) is 18.2 Å². The molecule has 0 aliphatic carbocycles. The van der Waals surface area contributed by atoms with E-state index in [1.54, 1.807) is 18.2 Å². The van der Waals surface area contributed by atoms with Gasteiger partial charge in [0.25, 0.3) is 0 Å². The number of nitrogens with two attached hydrogens (primary N) is 1. The smallest absolute Gasteiger partial charge is 0.146 e. The highest BCUT2D eigenvalue weighted by molar-refractivity contribution is 6.31. The molecule has 88 valence electrons. The molecule has 2 rings (SSSR count). The predicted molar refractivity (Wildman–Crippen MR) is 70.6 cm³/mol. The van der Waals surface area contributed by atoms with Crippen molar-refractivity contribution < 1.29 is 4.39 Å². The van der Waals surface area contributed by atoms with Crippen LogP contribution in [0.5, 0.6) is 0 Å². The van der Waals surface area contributed by atoms with Gasteiger partial charge in [-0.05, 0) is 36.4 Å². The average molecular weight is 271 g/mol. The van der Waals surface area contributed by atoms with Gasteiger partial charge in [-0.3, -0.25) is 0 Å². The van der Waals surface area contributed by atoms with Gasteiger partial charge in [-0.15, -0.1) is 0 Å². The highest BCUT2D eigenvalue weighted by Crippen LogP contribution is 2.29. The normalized spacial score (nSPS) is 10.3. The number of nitrogen functional groups attached to an aromatic ring is 1. The zero-order valence-electron chi connectivity index (χ0n) is 8.68. The van der Waals surface area contributed by atoms with Crippen LogP contribution in [-0.2, 0) is 0 Å². The topological polar surface area (TPSA) is 38.0 Å². The van der Waals surface area contributed by atoms with Crippen LogP contribution in [0.15, 0.2) is 36.4 Å². The molecule has 0 heterocycles. The van der Waals surface area contributed by atoms with E-state index in [9.17, 15) is 4.39 Å². The SMILES string of the molecule is Nc1ccc(Cl)cc1Nc1cc(Cl)ccc1F. The molecule has 2 aromatic carbocycles. The Morgan fingerprint density at radius 3 is 2.24 bits per heavy atom. The van der Waals surface area contributed by atoms with E-state index >= 15 is 0 Å². The Labute approximate surface area is 108 Å². The molecule has 5 heteroatoms. The molecule has 3 N–H and O–H groups in total. The van der Waals surface area contributed by atoms with E-state index in [1.807, 2.05) is 0 Å². The van der Waals surface area contributed by atoms with Gasteiger partial charge in [-0.25, -0.2) is 4.39 Å². The van der Waals surface area contributed by atoms with Crippen molar-refractivity contribution in [3.63, 3.8) is 0 Å². The highest BCUT2D eigenvalue weighted by Gasteiger charge is 2.06. The van der Waals surface area contributed by atoms with Crippen molar-refractivity contribution >= 4 is 40.3 Å². The predicted octanol–water partition coefficient (Wildman–Crippen LogP) is 4.46. The number of nitrogens with one attached hydrogen (secondary N) is 1. The highest BCUT2D eigenvalue weighted by atomic mass is 35.5. The summed E-state index contributed by atoms with van der Waals surface area (Å²) in [6, 6.07) is 9.17. The van der Waals surface area contributed by atoms with Gasteiger partial charge in [-0.1, -0.05) is 23.2 Å². The zero-order valence-corrected chi connectivity index (χ0v) is 10.2. The van der Waals surface area contributed by atoms with Crippen molar-refractivity contribution in [2.75, 3.05) is 11.1 Å². The second-order valence-corrected chi connectivity index (χ2v) is 4.35. The van der Waals surface area contributed by atoms with E-state index < -0.39 is 5.82 Å². The first-order valence-corrected chi connectivity index (χ1v) is 5.59. The van der Waals surface area contributed by atoms with E-state index in [2.05, 4.69) is 5.32 Å². The van der Waals surface area contributed by atoms with Crippen LogP contribution in [-0.4, -0.2) is 0 Å². The van der Waals surface area contributed by atoms with Crippen molar-refractivity contribution in [3.8, 4) is 0 Å². The number of anilines is 3. The number of hydrogen-bond acceptors (Lipinski definition) is 2. The third kappa shape index (κ3) is 2.81. The fourth-order valence-corrected chi connectivity index (χ4v) is 1.72. The van der Waals surface area contributed by atoms with Crippen LogP contribution in [0.3, 0.4) is 0 Å². The molecule has 0 amide bonds. The average Bonchev–Trinajstić information content (AvgIpc) is 2.28. The lowest BCUT2D eigenvalue weighted by atomic mass is 10.2. The van der Waals surface area contributed by atoms with Crippen LogP contribution in [0, 0.1) is 5.82 Å². The molecule has 2 nitrogen and oxygen atoms in total. The van der Waals surface area contributed by atoms with E-state index in [4.69, 9.17) is 28.9 Å². The Morgan fingerprint density at radius 1 is 0.941 bits per heavy atom. The van der Waals surface area contributed by atoms with Gasteiger partial charge in [0.2, 0.25) is 0 Å². The van der Waals surface area contributed by atoms with Crippen molar-refractivity contribution in [2.24, 2.45) is 0 Å². The van der Waals surface area contributed by atoms with Crippen molar-refractivity contribution in [1.29, 1.82) is 0 Å². The standard InChI is InChI=1S/C12H9Cl2FN2/c13-7-1-3-9(15)11(5-7)17-12-6-8(14)2-4-10(12)16/h1-6,17H,16H2. The third-order valence-electron chi connectivity index (χ3n) is 2.21. The largest absolute Gasteiger partial charge is 0.397 e. The summed E-state index contributed by atoms with van der Waals surface area (Å²) < 4.78 is 13.5. The molecule has 2 aromatic rings. The van der Waals surface area contributed by atoms with Crippen molar-refractivity contribution in [2.45, 2.75) is 0 Å². The summed E-state index contributed by atoms with van der Waals surface area (Å²) in [4.78, 5) is 0. The Bertz CT molecular complexity index is 509. The molecule has 0 saturated heterocycles. The molecule has 0 radical (unpaired) electrons. The first kappa shape index (κ1) is 12.0. The minimum absolute atomic E-state index is 0.256. The molecule has 0 aliphatic rings. The molecule has 0 atom stereocenters. The van der Waals surface area contributed by atoms with E-state index in [0.717, 1.165) is 0 Å². The fraction of sp³-hybridized carbons (Fsp3) is 0. The maximum atomic E-state index is 13.5. The molecule has 0 spiro atoms. The van der Waals surface area contributed by atoms with E-state index in [-0.39, 0.29) is 5.69 Å². The minimum atomic E-state index is -0.409. The van der Waals surface area contributed by atoms with Crippen LogP contribution in [0.25, 0.3) is 0 Å². The minimum Gasteiger partial charge on any atom is -0.397 e. The van der Waals surface area contributed by atoms with Crippen LogP contribution in [0.2, 0.25) is 10.0 Å². The van der Waals surface area contributed by atoms with Gasteiger partial charge in [0, 0.05) is 10.0 Å². The third-order valence-corrected chi connectivity index (χ3v) is 2.68. The summed E-state index contributed by atoms with van der Waals surface area (Å²) >= 11 is 11.6. The number of benzene rings is 2. The number of hydrogen-bond donors (Lipinski definition) is 2. The van der Waals surface area contributed by atoms with Crippen molar-refractivity contribution in [3.05, 3.63) is 52.3 Å². The van der Waals surface area contributed by atoms with Crippen LogP contribution in [0.4, 0.5) is 21.5 Å². The monoisotopic (exact) mass is 270 g/mol. The van der Waals surface area contributed by atoms with Crippen LogP contribution >= 0.6 is 23.2 Å². The van der Waals surface area contributed by atoms with Gasteiger partial charge in [-0.2, -0.15) is 0 Å². The second-order valence-electron chi connectivity index (χ2n) is 3.48. The summed E-state index contributed by atoms with van der Waals surface area (Å²) in [5.41, 5.74) is 7.03. The Balaban J connectivity index is 2.37. The van der Waals surface area contributed by atoms with Gasteiger partial charge < -0.3 is 11.1 Å². The summed E-state index contributed by atoms with van der Waals surface area (Å²) in [5, 5.41) is 3.81. The maximum Gasteiger partial charge on any atom is 0.146 e. The molecular formula is C12H9Cl2FN2.